The zero-order chi connectivity index (χ0) is 19.1. The van der Waals surface area contributed by atoms with E-state index in [-0.39, 0.29) is 5.56 Å². The lowest BCUT2D eigenvalue weighted by molar-refractivity contribution is 0.801. The number of H-pyrrole nitrogens is 1. The number of aromatic amines is 1. The predicted octanol–water partition coefficient (Wildman–Crippen LogP) is 3.62. The third-order valence-corrected chi connectivity index (χ3v) is 6.79. The third kappa shape index (κ3) is 3.13. The predicted molar refractivity (Wildman–Crippen MR) is 105 cm³/mol. The van der Waals surface area contributed by atoms with E-state index < -0.39 is 10.7 Å². The monoisotopic (exact) mass is 377 g/mol. The number of aryl methyl sites for hydroxylation is 2. The van der Waals surface area contributed by atoms with Gasteiger partial charge in [-0.2, -0.15) is 5.26 Å². The van der Waals surface area contributed by atoms with E-state index in [1.807, 2.05) is 19.9 Å². The zero-order valence-electron chi connectivity index (χ0n) is 15.1. The molecule has 0 saturated heterocycles. The molecule has 0 bridgehead atoms. The Kier molecular flexibility index (Phi) is 4.28. The standard InChI is InChI=1S/C20H19N5OS/c1-12-9-18(23-11-17(12)27(22)16-7-8-16)25-20(26)19(13(2)24-25)15-5-3-14(10-21)4-6-15/h3-6,9,11,16,22,24H,7-8H2,1-2H3/t27-/m1/s1. The summed E-state index contributed by atoms with van der Waals surface area (Å²) in [6.45, 7) is 3.82. The van der Waals surface area contributed by atoms with Crippen LogP contribution in [0.2, 0.25) is 0 Å². The number of aromatic nitrogens is 3. The minimum absolute atomic E-state index is 0.177. The fourth-order valence-electron chi connectivity index (χ4n) is 3.12. The van der Waals surface area contributed by atoms with Crippen molar-refractivity contribution in [1.82, 2.24) is 14.8 Å². The van der Waals surface area contributed by atoms with Gasteiger partial charge in [0, 0.05) is 22.0 Å². The summed E-state index contributed by atoms with van der Waals surface area (Å²) in [7, 11) is -0.524. The summed E-state index contributed by atoms with van der Waals surface area (Å²) in [6, 6.07) is 10.9. The molecule has 1 saturated carbocycles. The topological polar surface area (TPSA) is 98.3 Å². The number of hydrogen-bond donors (Lipinski definition) is 2. The molecule has 2 aromatic heterocycles. The number of pyridine rings is 1. The molecule has 0 unspecified atom stereocenters. The quantitative estimate of drug-likeness (QED) is 0.726. The highest BCUT2D eigenvalue weighted by molar-refractivity contribution is 7.87. The number of nitriles is 1. The molecule has 2 N–H and O–H groups in total. The first-order valence-corrected chi connectivity index (χ1v) is 10.0. The van der Waals surface area contributed by atoms with Crippen molar-refractivity contribution in [1.29, 1.82) is 10.0 Å². The normalized spacial score (nSPS) is 14.7. The first kappa shape index (κ1) is 17.4. The fourth-order valence-corrected chi connectivity index (χ4v) is 4.66. The molecule has 7 heteroatoms. The van der Waals surface area contributed by atoms with Crippen LogP contribution in [-0.2, 0) is 10.7 Å². The van der Waals surface area contributed by atoms with Crippen LogP contribution in [0.25, 0.3) is 16.9 Å². The van der Waals surface area contributed by atoms with E-state index in [2.05, 4.69) is 16.2 Å². The van der Waals surface area contributed by atoms with Crippen LogP contribution in [0.15, 0.2) is 46.2 Å². The van der Waals surface area contributed by atoms with E-state index in [1.54, 1.807) is 30.5 Å². The lowest BCUT2D eigenvalue weighted by Crippen LogP contribution is -2.17. The molecule has 0 aliphatic heterocycles. The molecular weight excluding hydrogens is 358 g/mol. The van der Waals surface area contributed by atoms with Crippen LogP contribution in [-0.4, -0.2) is 20.0 Å². The van der Waals surface area contributed by atoms with Crippen LogP contribution >= 0.6 is 0 Å². The van der Waals surface area contributed by atoms with Crippen LogP contribution in [0, 0.1) is 30.0 Å². The number of rotatable bonds is 4. The number of benzene rings is 1. The SMILES string of the molecule is Cc1cc(-n2[nH]c(C)c(-c3ccc(C#N)cc3)c2=O)ncc1[S@](=N)C1CC1. The second-order valence-corrected chi connectivity index (χ2v) is 8.57. The largest absolute Gasteiger partial charge is 0.293 e. The van der Waals surface area contributed by atoms with Gasteiger partial charge in [0.1, 0.15) is 0 Å². The lowest BCUT2D eigenvalue weighted by Gasteiger charge is -2.09. The van der Waals surface area contributed by atoms with Crippen LogP contribution in [0.3, 0.4) is 0 Å². The Morgan fingerprint density at radius 3 is 2.59 bits per heavy atom. The van der Waals surface area contributed by atoms with Crippen LogP contribution in [0.4, 0.5) is 0 Å². The molecule has 3 aromatic rings. The van der Waals surface area contributed by atoms with E-state index in [4.69, 9.17) is 10.0 Å². The van der Waals surface area contributed by atoms with E-state index in [9.17, 15) is 4.79 Å². The van der Waals surface area contributed by atoms with Crippen LogP contribution < -0.4 is 5.56 Å². The van der Waals surface area contributed by atoms with Gasteiger partial charge in [-0.15, -0.1) is 0 Å². The molecule has 0 radical (unpaired) electrons. The van der Waals surface area contributed by atoms with Gasteiger partial charge < -0.3 is 0 Å². The van der Waals surface area contributed by atoms with Gasteiger partial charge in [-0.05, 0) is 56.0 Å². The zero-order valence-corrected chi connectivity index (χ0v) is 15.9. The summed E-state index contributed by atoms with van der Waals surface area (Å²) < 4.78 is 9.80. The molecule has 6 nitrogen and oxygen atoms in total. The molecule has 1 fully saturated rings. The van der Waals surface area contributed by atoms with Crippen molar-refractivity contribution >= 4 is 10.7 Å². The van der Waals surface area contributed by atoms with Gasteiger partial charge in [-0.3, -0.25) is 14.7 Å². The summed E-state index contributed by atoms with van der Waals surface area (Å²) in [5, 5.41) is 12.5. The number of nitrogens with zero attached hydrogens (tertiary/aromatic N) is 3. The van der Waals surface area contributed by atoms with Crippen LogP contribution in [0.1, 0.15) is 29.7 Å². The second kappa shape index (κ2) is 6.63. The minimum atomic E-state index is -0.524. The highest BCUT2D eigenvalue weighted by atomic mass is 32.2. The summed E-state index contributed by atoms with van der Waals surface area (Å²) in [5.74, 6) is 0.525. The average Bonchev–Trinajstić information content (AvgIpc) is 3.47. The molecular formula is C20H19N5OS. The van der Waals surface area contributed by atoms with Crippen LogP contribution in [0.5, 0.6) is 0 Å². The van der Waals surface area contributed by atoms with Crippen molar-refractivity contribution in [3.8, 4) is 23.0 Å². The van der Waals surface area contributed by atoms with Gasteiger partial charge in [-0.1, -0.05) is 22.8 Å². The van der Waals surface area contributed by atoms with Gasteiger partial charge in [0.2, 0.25) is 0 Å². The van der Waals surface area contributed by atoms with E-state index >= 15 is 0 Å². The molecule has 1 atom stereocenters. The maximum Gasteiger partial charge on any atom is 0.280 e. The van der Waals surface area contributed by atoms with Gasteiger partial charge in [0.25, 0.3) is 5.56 Å². The van der Waals surface area contributed by atoms with Gasteiger partial charge in [-0.25, -0.2) is 9.67 Å². The van der Waals surface area contributed by atoms with Gasteiger partial charge in [0.15, 0.2) is 5.82 Å². The maximum atomic E-state index is 13.0. The molecule has 1 aliphatic rings. The molecule has 27 heavy (non-hydrogen) atoms. The summed E-state index contributed by atoms with van der Waals surface area (Å²) >= 11 is 0. The summed E-state index contributed by atoms with van der Waals surface area (Å²) in [6.07, 6.45) is 3.98. The average molecular weight is 377 g/mol. The molecule has 136 valence electrons. The van der Waals surface area contributed by atoms with E-state index in [0.29, 0.717) is 22.2 Å². The van der Waals surface area contributed by atoms with E-state index in [1.165, 1.54) is 4.68 Å². The number of nitrogens with one attached hydrogen (secondary N) is 2. The smallest absolute Gasteiger partial charge is 0.280 e. The van der Waals surface area contributed by atoms with Crippen molar-refractivity contribution in [2.45, 2.75) is 36.8 Å². The Labute approximate surface area is 159 Å². The van der Waals surface area contributed by atoms with Crippen molar-refractivity contribution in [3.05, 3.63) is 63.7 Å². The lowest BCUT2D eigenvalue weighted by atomic mass is 10.1. The Bertz CT molecular complexity index is 1150. The van der Waals surface area contributed by atoms with E-state index in [0.717, 1.165) is 34.6 Å². The molecule has 2 heterocycles. The van der Waals surface area contributed by atoms with Crippen molar-refractivity contribution < 1.29 is 0 Å². The maximum absolute atomic E-state index is 13.0. The van der Waals surface area contributed by atoms with Crippen molar-refractivity contribution in [3.63, 3.8) is 0 Å². The van der Waals surface area contributed by atoms with Crippen molar-refractivity contribution in [2.24, 2.45) is 0 Å². The Morgan fingerprint density at radius 2 is 2.00 bits per heavy atom. The molecule has 0 spiro atoms. The first-order valence-electron chi connectivity index (χ1n) is 8.73. The van der Waals surface area contributed by atoms with Gasteiger partial charge >= 0.3 is 0 Å². The molecule has 4 rings (SSSR count). The van der Waals surface area contributed by atoms with Gasteiger partial charge in [0.05, 0.1) is 17.2 Å². The summed E-state index contributed by atoms with van der Waals surface area (Å²) in [4.78, 5) is 18.4. The molecule has 1 aliphatic carbocycles. The second-order valence-electron chi connectivity index (χ2n) is 6.79. The molecule has 0 amide bonds. The highest BCUT2D eigenvalue weighted by Gasteiger charge is 2.27. The Morgan fingerprint density at radius 1 is 1.30 bits per heavy atom. The Hall–Kier alpha value is -2.98. The third-order valence-electron chi connectivity index (χ3n) is 4.75. The number of hydrogen-bond acceptors (Lipinski definition) is 4. The minimum Gasteiger partial charge on any atom is -0.293 e. The van der Waals surface area contributed by atoms with Crippen molar-refractivity contribution in [2.75, 3.05) is 0 Å². The highest BCUT2D eigenvalue weighted by Crippen LogP contribution is 2.32. The summed E-state index contributed by atoms with van der Waals surface area (Å²) in [5.41, 5.74) is 3.45. The molecule has 1 aromatic carbocycles. The first-order chi connectivity index (χ1) is 13.0. The Balaban J connectivity index is 1.75. The fraction of sp³-hybridized carbons (Fsp3) is 0.250.